The lowest BCUT2D eigenvalue weighted by Gasteiger charge is -2.11. The summed E-state index contributed by atoms with van der Waals surface area (Å²) in [6.45, 7) is 0. The van der Waals surface area contributed by atoms with Gasteiger partial charge in [-0.2, -0.15) is 0 Å². The molecule has 0 spiro atoms. The number of alkyl halides is 3. The van der Waals surface area contributed by atoms with Crippen LogP contribution in [0.25, 0.3) is 0 Å². The minimum atomic E-state index is -4.72. The van der Waals surface area contributed by atoms with E-state index in [1.54, 1.807) is 0 Å². The molecule has 1 rings (SSSR count). The molecule has 0 saturated carbocycles. The van der Waals surface area contributed by atoms with Crippen LogP contribution in [-0.4, -0.2) is 12.3 Å². The van der Waals surface area contributed by atoms with Crippen molar-refractivity contribution in [3.8, 4) is 5.75 Å². The van der Waals surface area contributed by atoms with Crippen molar-refractivity contribution in [2.45, 2.75) is 25.2 Å². The predicted octanol–water partition coefficient (Wildman–Crippen LogP) is 0.398. The molecule has 0 aliphatic rings. The van der Waals surface area contributed by atoms with Gasteiger partial charge in [-0.3, -0.25) is 0 Å². The van der Waals surface area contributed by atoms with Crippen LogP contribution in [-0.2, 0) is 4.79 Å². The zero-order valence-corrected chi connectivity index (χ0v) is 9.37. The Labute approximate surface area is 101 Å². The Hall–Kier alpha value is -1.76. The first-order chi connectivity index (χ1) is 8.28. The molecule has 0 unspecified atom stereocenters. The maximum Gasteiger partial charge on any atom is 0.573 e. The predicted molar refractivity (Wildman–Crippen MR) is 53.0 cm³/mol. The summed E-state index contributed by atoms with van der Waals surface area (Å²) in [5.74, 6) is -1.50. The Kier molecular flexibility index (Phi) is 4.55. The molecule has 0 fully saturated rings. The monoisotopic (exact) mass is 263 g/mol. The normalized spacial score (nSPS) is 13.1. The van der Waals surface area contributed by atoms with E-state index in [0.717, 1.165) is 0 Å². The van der Waals surface area contributed by atoms with Crippen molar-refractivity contribution in [3.05, 3.63) is 29.8 Å². The minimum Gasteiger partial charge on any atom is -0.550 e. The number of aliphatic carboxylic acids is 1. The van der Waals surface area contributed by atoms with Crippen LogP contribution in [0.1, 0.15) is 24.4 Å². The first kappa shape index (κ1) is 14.3. The van der Waals surface area contributed by atoms with Crippen molar-refractivity contribution in [3.63, 3.8) is 0 Å². The lowest BCUT2D eigenvalue weighted by molar-refractivity contribution is -0.428. The fraction of sp³-hybridized carbons (Fsp3) is 0.364. The van der Waals surface area contributed by atoms with E-state index in [1.807, 2.05) is 0 Å². The molecule has 1 atom stereocenters. The van der Waals surface area contributed by atoms with Crippen LogP contribution < -0.4 is 15.6 Å². The van der Waals surface area contributed by atoms with Gasteiger partial charge >= 0.3 is 6.36 Å². The molecule has 0 aliphatic carbocycles. The number of carbonyl (C=O) groups is 1. The van der Waals surface area contributed by atoms with Gasteiger partial charge in [0.2, 0.25) is 0 Å². The zero-order chi connectivity index (χ0) is 13.8. The highest BCUT2D eigenvalue weighted by molar-refractivity contribution is 5.64. The van der Waals surface area contributed by atoms with Gasteiger partial charge in [0, 0.05) is 18.0 Å². The first-order valence-corrected chi connectivity index (χ1v) is 5.16. The number of rotatable bonds is 5. The smallest absolute Gasteiger partial charge is 0.550 e. The summed E-state index contributed by atoms with van der Waals surface area (Å²) in [7, 11) is 0. The quantitative estimate of drug-likeness (QED) is 0.835. The Balaban J connectivity index is 2.62. The van der Waals surface area contributed by atoms with Crippen molar-refractivity contribution < 1.29 is 33.5 Å². The van der Waals surface area contributed by atoms with E-state index in [1.165, 1.54) is 24.3 Å². The molecule has 0 radical (unpaired) electrons. The van der Waals surface area contributed by atoms with Crippen LogP contribution in [0.5, 0.6) is 5.75 Å². The van der Waals surface area contributed by atoms with Crippen molar-refractivity contribution in [2.75, 3.05) is 0 Å². The van der Waals surface area contributed by atoms with Crippen LogP contribution >= 0.6 is 0 Å². The molecule has 0 aliphatic heterocycles. The first-order valence-electron chi connectivity index (χ1n) is 5.16. The topological polar surface area (TPSA) is 77.0 Å². The van der Waals surface area contributed by atoms with E-state index >= 15 is 0 Å². The highest BCUT2D eigenvalue weighted by Gasteiger charge is 2.31. The standard InChI is InChI=1S/C11H12F3NO3/c12-11(13,14)18-8-3-1-7(2-4-8)9(15)5-6-10(16)17/h1-4,9H,5-6,15H2,(H,16,17)/t9-/m0/s1. The number of hydrogen-bond donors (Lipinski definition) is 1. The lowest BCUT2D eigenvalue weighted by atomic mass is 10.0. The molecule has 0 aromatic heterocycles. The summed E-state index contributed by atoms with van der Waals surface area (Å²) >= 11 is 0. The van der Waals surface area contributed by atoms with Gasteiger partial charge in [0.1, 0.15) is 11.8 Å². The second-order valence-electron chi connectivity index (χ2n) is 3.72. The summed E-state index contributed by atoms with van der Waals surface area (Å²) < 4.78 is 39.4. The third-order valence-corrected chi connectivity index (χ3v) is 2.28. The maximum atomic E-state index is 11.9. The van der Waals surface area contributed by atoms with E-state index in [2.05, 4.69) is 10.5 Å². The van der Waals surface area contributed by atoms with Gasteiger partial charge in [-0.1, -0.05) is 0 Å². The Bertz CT molecular complexity index is 403. The van der Waals surface area contributed by atoms with Crippen molar-refractivity contribution in [2.24, 2.45) is 0 Å². The third kappa shape index (κ3) is 5.05. The molecule has 0 amide bonds. The van der Waals surface area contributed by atoms with Crippen LogP contribution in [0.3, 0.4) is 0 Å². The lowest BCUT2D eigenvalue weighted by Crippen LogP contribution is -2.53. The molecule has 18 heavy (non-hydrogen) atoms. The molecule has 4 nitrogen and oxygen atoms in total. The summed E-state index contributed by atoms with van der Waals surface area (Å²) in [5.41, 5.74) is 4.37. The van der Waals surface area contributed by atoms with Crippen LogP contribution in [0.15, 0.2) is 24.3 Å². The van der Waals surface area contributed by atoms with E-state index in [-0.39, 0.29) is 24.6 Å². The van der Waals surface area contributed by atoms with Crippen molar-refractivity contribution >= 4 is 5.97 Å². The molecule has 0 heterocycles. The Morgan fingerprint density at radius 1 is 1.33 bits per heavy atom. The molecule has 1 aromatic rings. The van der Waals surface area contributed by atoms with Gasteiger partial charge in [0.25, 0.3) is 0 Å². The molecule has 3 N–H and O–H groups in total. The second kappa shape index (κ2) is 5.72. The molecule has 100 valence electrons. The van der Waals surface area contributed by atoms with Crippen LogP contribution in [0.4, 0.5) is 13.2 Å². The number of carbonyl (C=O) groups excluding carboxylic acids is 1. The van der Waals surface area contributed by atoms with Gasteiger partial charge in [-0.15, -0.1) is 13.2 Å². The largest absolute Gasteiger partial charge is 0.573 e. The van der Waals surface area contributed by atoms with Crippen LogP contribution in [0.2, 0.25) is 0 Å². The second-order valence-corrected chi connectivity index (χ2v) is 3.72. The highest BCUT2D eigenvalue weighted by Crippen LogP contribution is 2.24. The number of carboxylic acids is 1. The summed E-state index contributed by atoms with van der Waals surface area (Å²) in [5, 5.41) is 10.3. The van der Waals surface area contributed by atoms with Gasteiger partial charge in [-0.05, 0) is 30.7 Å². The number of carboxylic acid groups (broad SMARTS) is 1. The minimum absolute atomic E-state index is 0.144. The van der Waals surface area contributed by atoms with Crippen molar-refractivity contribution in [1.29, 1.82) is 0 Å². The average Bonchev–Trinajstić information content (AvgIpc) is 2.24. The number of hydrogen-bond acceptors (Lipinski definition) is 3. The van der Waals surface area contributed by atoms with Gasteiger partial charge in [0.15, 0.2) is 0 Å². The molecule has 7 heteroatoms. The SMILES string of the molecule is [NH3+][C@@H](CCC(=O)[O-])c1ccc(OC(F)(F)F)cc1. The Morgan fingerprint density at radius 3 is 2.33 bits per heavy atom. The summed E-state index contributed by atoms with van der Waals surface area (Å²) in [4.78, 5) is 10.3. The highest BCUT2D eigenvalue weighted by atomic mass is 19.4. The maximum absolute atomic E-state index is 11.9. The van der Waals surface area contributed by atoms with E-state index in [0.29, 0.717) is 5.56 Å². The molecule has 0 saturated heterocycles. The summed E-state index contributed by atoms with van der Waals surface area (Å²) in [6, 6.07) is 4.87. The molecule has 1 aromatic carbocycles. The molecular weight excluding hydrogens is 251 g/mol. The van der Waals surface area contributed by atoms with Gasteiger partial charge in [0.05, 0.1) is 0 Å². The van der Waals surface area contributed by atoms with Gasteiger partial charge < -0.3 is 20.4 Å². The van der Waals surface area contributed by atoms with Gasteiger partial charge in [-0.25, -0.2) is 0 Å². The molecular formula is C11H12F3NO3. The third-order valence-electron chi connectivity index (χ3n) is 2.28. The van der Waals surface area contributed by atoms with Crippen LogP contribution in [0, 0.1) is 0 Å². The van der Waals surface area contributed by atoms with E-state index < -0.39 is 12.3 Å². The van der Waals surface area contributed by atoms with E-state index in [4.69, 9.17) is 0 Å². The van der Waals surface area contributed by atoms with Crippen molar-refractivity contribution in [1.82, 2.24) is 0 Å². The fourth-order valence-electron chi connectivity index (χ4n) is 1.40. The Morgan fingerprint density at radius 2 is 1.89 bits per heavy atom. The average molecular weight is 263 g/mol. The summed E-state index contributed by atoms with van der Waals surface area (Å²) in [6.07, 6.45) is -4.60. The fourth-order valence-corrected chi connectivity index (χ4v) is 1.40. The number of quaternary nitrogens is 1. The van der Waals surface area contributed by atoms with E-state index in [9.17, 15) is 23.1 Å². The number of halogens is 3. The molecule has 0 bridgehead atoms. The zero-order valence-electron chi connectivity index (χ0n) is 9.37. The number of ether oxygens (including phenoxy) is 1. The number of benzene rings is 1.